The molecule has 5 N–H and O–H groups in total. The maximum Gasteiger partial charge on any atom is 0.170 e. The molecule has 0 fully saturated rings. The van der Waals surface area contributed by atoms with Gasteiger partial charge in [0.05, 0.1) is 0 Å². The van der Waals surface area contributed by atoms with Crippen LogP contribution in [0.5, 0.6) is 0 Å². The molecule has 0 unspecified atom stereocenters. The van der Waals surface area contributed by atoms with Gasteiger partial charge in [-0.3, -0.25) is 0 Å². The largest absolute Gasteiger partial charge is 0.409 e. The van der Waals surface area contributed by atoms with Gasteiger partial charge in [-0.2, -0.15) is 0 Å². The van der Waals surface area contributed by atoms with E-state index in [1.807, 2.05) is 6.07 Å². The average Bonchev–Trinajstić information content (AvgIpc) is 2.52. The molecule has 0 aliphatic carbocycles. The van der Waals surface area contributed by atoms with Crippen molar-refractivity contribution < 1.29 is 10.3 Å². The van der Waals surface area contributed by atoms with Gasteiger partial charge in [0.25, 0.3) is 0 Å². The second-order valence-corrected chi connectivity index (χ2v) is 5.67. The first kappa shape index (κ1) is 17.8. The summed E-state index contributed by atoms with van der Waals surface area (Å²) in [5.41, 5.74) is 6.96. The molecule has 0 spiro atoms. The van der Waals surface area contributed by atoms with Crippen molar-refractivity contribution in [2.75, 3.05) is 13.2 Å². The number of halogens is 1. The summed E-state index contributed by atoms with van der Waals surface area (Å²) in [4.78, 5) is 0. The Morgan fingerprint density at radius 2 is 2.05 bits per heavy atom. The summed E-state index contributed by atoms with van der Waals surface area (Å²) in [7, 11) is 0. The summed E-state index contributed by atoms with van der Waals surface area (Å²) in [6, 6.07) is 5.28. The zero-order valence-electron chi connectivity index (χ0n) is 12.6. The highest BCUT2D eigenvalue weighted by Crippen LogP contribution is 2.25. The number of hydrogen-bond donors (Lipinski definition) is 4. The molecule has 0 atom stereocenters. The number of aliphatic hydroxyl groups is 1. The van der Waals surface area contributed by atoms with Crippen molar-refractivity contribution in [3.05, 3.63) is 34.3 Å². The monoisotopic (exact) mass is 313 g/mol. The molecule has 0 heterocycles. The molecule has 6 heteroatoms. The third-order valence-electron chi connectivity index (χ3n) is 4.11. The van der Waals surface area contributed by atoms with E-state index in [9.17, 15) is 5.11 Å². The Hall–Kier alpha value is -1.30. The minimum Gasteiger partial charge on any atom is -0.409 e. The lowest BCUT2D eigenvalue weighted by atomic mass is 9.83. The van der Waals surface area contributed by atoms with Gasteiger partial charge in [0.15, 0.2) is 5.84 Å². The molecule has 0 aliphatic heterocycles. The van der Waals surface area contributed by atoms with Crippen LogP contribution in [0.1, 0.15) is 37.8 Å². The SMILES string of the molecule is CCC(CC)(CO)CNCc1ccc(/C(N)=N/O)cc1Cl. The molecule has 5 nitrogen and oxygen atoms in total. The van der Waals surface area contributed by atoms with Crippen molar-refractivity contribution in [1.82, 2.24) is 5.32 Å². The number of oxime groups is 1. The third-order valence-corrected chi connectivity index (χ3v) is 4.46. The Morgan fingerprint density at radius 3 is 2.52 bits per heavy atom. The molecule has 1 aromatic rings. The van der Waals surface area contributed by atoms with Crippen molar-refractivity contribution in [1.29, 1.82) is 0 Å². The normalized spacial score (nSPS) is 12.7. The molecular formula is C15H24ClN3O2. The van der Waals surface area contributed by atoms with E-state index in [1.165, 1.54) is 0 Å². The second kappa shape index (κ2) is 8.22. The first-order valence-corrected chi connectivity index (χ1v) is 7.47. The zero-order chi connectivity index (χ0) is 15.9. The molecule has 1 rings (SSSR count). The number of nitrogens with two attached hydrogens (primary N) is 1. The summed E-state index contributed by atoms with van der Waals surface area (Å²) >= 11 is 6.20. The number of amidine groups is 1. The van der Waals surface area contributed by atoms with E-state index < -0.39 is 0 Å². The summed E-state index contributed by atoms with van der Waals surface area (Å²) in [6.45, 7) is 5.68. The van der Waals surface area contributed by atoms with Gasteiger partial charge in [0.1, 0.15) is 0 Å². The summed E-state index contributed by atoms with van der Waals surface area (Å²) in [6.07, 6.45) is 1.84. The molecule has 0 aromatic heterocycles. The van der Waals surface area contributed by atoms with E-state index in [4.69, 9.17) is 22.5 Å². The van der Waals surface area contributed by atoms with Gasteiger partial charge in [-0.15, -0.1) is 0 Å². The number of nitrogens with zero attached hydrogens (tertiary/aromatic N) is 1. The Bertz CT molecular complexity index is 480. The average molecular weight is 314 g/mol. The van der Waals surface area contributed by atoms with Crippen LogP contribution >= 0.6 is 11.6 Å². The summed E-state index contributed by atoms with van der Waals surface area (Å²) in [5.74, 6) is 0.0349. The first-order valence-electron chi connectivity index (χ1n) is 7.09. The Kier molecular flexibility index (Phi) is 6.95. The van der Waals surface area contributed by atoms with Crippen LogP contribution in [0.4, 0.5) is 0 Å². The van der Waals surface area contributed by atoms with Crippen LogP contribution < -0.4 is 11.1 Å². The predicted molar refractivity (Wildman–Crippen MR) is 85.8 cm³/mol. The molecule has 0 saturated carbocycles. The molecular weight excluding hydrogens is 290 g/mol. The fraction of sp³-hybridized carbons (Fsp3) is 0.533. The zero-order valence-corrected chi connectivity index (χ0v) is 13.3. The van der Waals surface area contributed by atoms with Gasteiger partial charge < -0.3 is 21.4 Å². The number of benzene rings is 1. The molecule has 0 aliphatic rings. The standard InChI is InChI=1S/C15H24ClN3O2/c1-3-15(4-2,10-20)9-18-8-12-6-5-11(7-13(12)16)14(17)19-21/h5-7,18,20-21H,3-4,8-10H2,1-2H3,(H2,17,19). The van der Waals surface area contributed by atoms with Crippen LogP contribution in [0.2, 0.25) is 5.02 Å². The van der Waals surface area contributed by atoms with Crippen LogP contribution in [0.15, 0.2) is 23.4 Å². The predicted octanol–water partition coefficient (Wildman–Crippen LogP) is 2.32. The number of nitrogens with one attached hydrogen (secondary N) is 1. The van der Waals surface area contributed by atoms with Crippen molar-refractivity contribution >= 4 is 17.4 Å². The van der Waals surface area contributed by atoms with Gasteiger partial charge in [-0.05, 0) is 24.5 Å². The fourth-order valence-corrected chi connectivity index (χ4v) is 2.40. The Morgan fingerprint density at radius 1 is 1.38 bits per heavy atom. The van der Waals surface area contributed by atoms with E-state index in [-0.39, 0.29) is 17.9 Å². The maximum absolute atomic E-state index is 9.54. The minimum absolute atomic E-state index is 0.0349. The molecule has 0 amide bonds. The number of rotatable bonds is 8. The molecule has 118 valence electrons. The third kappa shape index (κ3) is 4.59. The highest BCUT2D eigenvalue weighted by molar-refractivity contribution is 6.31. The molecule has 21 heavy (non-hydrogen) atoms. The summed E-state index contributed by atoms with van der Waals surface area (Å²) in [5, 5.41) is 25.0. The van der Waals surface area contributed by atoms with Crippen LogP contribution in [0.3, 0.4) is 0 Å². The Balaban J connectivity index is 2.68. The quantitative estimate of drug-likeness (QED) is 0.256. The van der Waals surface area contributed by atoms with Crippen LogP contribution in [0.25, 0.3) is 0 Å². The molecule has 0 radical (unpaired) electrons. The minimum atomic E-state index is -0.0829. The lowest BCUT2D eigenvalue weighted by Crippen LogP contribution is -2.36. The number of aliphatic hydroxyl groups excluding tert-OH is 1. The smallest absolute Gasteiger partial charge is 0.170 e. The topological polar surface area (TPSA) is 90.9 Å². The van der Waals surface area contributed by atoms with E-state index in [2.05, 4.69) is 24.3 Å². The van der Waals surface area contributed by atoms with Gasteiger partial charge in [0, 0.05) is 35.7 Å². The highest BCUT2D eigenvalue weighted by atomic mass is 35.5. The van der Waals surface area contributed by atoms with E-state index >= 15 is 0 Å². The maximum atomic E-state index is 9.54. The van der Waals surface area contributed by atoms with Crippen LogP contribution in [0, 0.1) is 5.41 Å². The molecule has 1 aromatic carbocycles. The van der Waals surface area contributed by atoms with E-state index in [0.29, 0.717) is 17.1 Å². The van der Waals surface area contributed by atoms with Gasteiger partial charge in [0.2, 0.25) is 0 Å². The summed E-state index contributed by atoms with van der Waals surface area (Å²) < 4.78 is 0. The van der Waals surface area contributed by atoms with Gasteiger partial charge in [-0.25, -0.2) is 0 Å². The second-order valence-electron chi connectivity index (χ2n) is 5.26. The van der Waals surface area contributed by atoms with Gasteiger partial charge in [-0.1, -0.05) is 42.7 Å². The van der Waals surface area contributed by atoms with Crippen LogP contribution in [-0.2, 0) is 6.54 Å². The van der Waals surface area contributed by atoms with E-state index in [1.54, 1.807) is 12.1 Å². The fourth-order valence-electron chi connectivity index (χ4n) is 2.15. The van der Waals surface area contributed by atoms with E-state index in [0.717, 1.165) is 24.9 Å². The van der Waals surface area contributed by atoms with Crippen LogP contribution in [-0.4, -0.2) is 29.3 Å². The van der Waals surface area contributed by atoms with Crippen molar-refractivity contribution in [3.8, 4) is 0 Å². The number of hydrogen-bond acceptors (Lipinski definition) is 4. The lowest BCUT2D eigenvalue weighted by Gasteiger charge is -2.29. The Labute approximate surface area is 130 Å². The molecule has 0 saturated heterocycles. The lowest BCUT2D eigenvalue weighted by molar-refractivity contribution is 0.113. The van der Waals surface area contributed by atoms with Gasteiger partial charge >= 0.3 is 0 Å². The van der Waals surface area contributed by atoms with Crippen molar-refractivity contribution in [2.45, 2.75) is 33.2 Å². The first-order chi connectivity index (χ1) is 10.0. The highest BCUT2D eigenvalue weighted by Gasteiger charge is 2.24. The van der Waals surface area contributed by atoms with Crippen molar-refractivity contribution in [2.24, 2.45) is 16.3 Å². The molecule has 0 bridgehead atoms. The van der Waals surface area contributed by atoms with Crippen molar-refractivity contribution in [3.63, 3.8) is 0 Å².